The van der Waals surface area contributed by atoms with Gasteiger partial charge in [0.2, 0.25) is 0 Å². The summed E-state index contributed by atoms with van der Waals surface area (Å²) < 4.78 is 11.5. The van der Waals surface area contributed by atoms with Gasteiger partial charge in [-0.2, -0.15) is 0 Å². The molecule has 0 saturated carbocycles. The minimum atomic E-state index is -0.626. The van der Waals surface area contributed by atoms with Crippen molar-refractivity contribution >= 4 is 11.9 Å². The first-order valence-electron chi connectivity index (χ1n) is 7.19. The van der Waals surface area contributed by atoms with Crippen LogP contribution < -0.4 is 15.6 Å². The average Bonchev–Trinajstić information content (AvgIpc) is 2.61. The fourth-order valence-corrected chi connectivity index (χ4v) is 2.12. The van der Waals surface area contributed by atoms with Gasteiger partial charge in [0.1, 0.15) is 17.9 Å². The Morgan fingerprint density at radius 1 is 1.25 bits per heavy atom. The lowest BCUT2D eigenvalue weighted by Gasteiger charge is -2.09. The van der Waals surface area contributed by atoms with Gasteiger partial charge in [-0.15, -0.1) is 0 Å². The van der Waals surface area contributed by atoms with Gasteiger partial charge >= 0.3 is 5.97 Å². The second-order valence-corrected chi connectivity index (χ2v) is 5.07. The number of carbonyl (C=O) groups is 2. The van der Waals surface area contributed by atoms with E-state index < -0.39 is 17.4 Å². The number of aryl methyl sites for hydroxylation is 1. The van der Waals surface area contributed by atoms with Gasteiger partial charge in [0, 0.05) is 20.3 Å². The summed E-state index contributed by atoms with van der Waals surface area (Å²) in [6, 6.07) is 8.36. The number of benzene rings is 1. The van der Waals surface area contributed by atoms with Crippen LogP contribution in [-0.2, 0) is 18.4 Å². The van der Waals surface area contributed by atoms with Crippen molar-refractivity contribution in [2.24, 2.45) is 7.05 Å². The molecule has 1 aromatic heterocycles. The Bertz CT molecular complexity index is 826. The highest BCUT2D eigenvalue weighted by Gasteiger charge is 2.16. The zero-order valence-corrected chi connectivity index (χ0v) is 13.7. The quantitative estimate of drug-likeness (QED) is 0.830. The Hall–Kier alpha value is -3.09. The average molecular weight is 330 g/mol. The molecule has 0 saturated heterocycles. The summed E-state index contributed by atoms with van der Waals surface area (Å²) in [5, 5.41) is 2.37. The zero-order chi connectivity index (χ0) is 17.7. The summed E-state index contributed by atoms with van der Waals surface area (Å²) in [6.45, 7) is 0.0498. The molecule has 0 spiro atoms. The molecular formula is C17H18N2O5. The van der Waals surface area contributed by atoms with Gasteiger partial charge in [-0.3, -0.25) is 9.59 Å². The molecule has 1 amide bonds. The molecule has 0 radical (unpaired) electrons. The fourth-order valence-electron chi connectivity index (χ4n) is 2.12. The first-order chi connectivity index (χ1) is 11.5. The van der Waals surface area contributed by atoms with Crippen molar-refractivity contribution in [2.75, 3.05) is 14.2 Å². The molecule has 0 aliphatic rings. The molecule has 0 unspecified atom stereocenters. The van der Waals surface area contributed by atoms with E-state index in [1.54, 1.807) is 31.4 Å². The number of nitrogens with zero attached hydrogens (tertiary/aromatic N) is 1. The summed E-state index contributed by atoms with van der Waals surface area (Å²) in [6.07, 6.45) is 1.34. The van der Waals surface area contributed by atoms with Crippen molar-refractivity contribution in [3.8, 4) is 5.75 Å². The standard InChI is InChI=1S/C17H18N2O5/c1-18-15(20)14-8-12(9-19(2)16(14)21)17(22)24-10-11-5-4-6-13(7-11)23-3/h4-9H,10H2,1-3H3,(H,18,20). The van der Waals surface area contributed by atoms with E-state index in [9.17, 15) is 14.4 Å². The van der Waals surface area contributed by atoms with Crippen LogP contribution in [0.1, 0.15) is 26.3 Å². The van der Waals surface area contributed by atoms with Gasteiger partial charge in [0.25, 0.3) is 11.5 Å². The lowest BCUT2D eigenvalue weighted by atomic mass is 10.2. The molecule has 0 atom stereocenters. The number of amides is 1. The van der Waals surface area contributed by atoms with E-state index in [1.165, 1.54) is 30.9 Å². The third kappa shape index (κ3) is 3.81. The Morgan fingerprint density at radius 3 is 2.67 bits per heavy atom. The molecule has 1 aromatic carbocycles. The minimum Gasteiger partial charge on any atom is -0.497 e. The first-order valence-corrected chi connectivity index (χ1v) is 7.19. The number of methoxy groups -OCH3 is 1. The monoisotopic (exact) mass is 330 g/mol. The molecule has 2 aromatic rings. The molecule has 24 heavy (non-hydrogen) atoms. The first kappa shape index (κ1) is 17.3. The summed E-state index contributed by atoms with van der Waals surface area (Å²) in [4.78, 5) is 35.8. The summed E-state index contributed by atoms with van der Waals surface area (Å²) in [7, 11) is 4.43. The van der Waals surface area contributed by atoms with Crippen molar-refractivity contribution in [3.05, 3.63) is 63.6 Å². The second kappa shape index (κ2) is 7.45. The third-order valence-corrected chi connectivity index (χ3v) is 3.39. The molecule has 0 aliphatic heterocycles. The zero-order valence-electron chi connectivity index (χ0n) is 13.7. The van der Waals surface area contributed by atoms with E-state index in [2.05, 4.69) is 5.32 Å². The van der Waals surface area contributed by atoms with Crippen LogP contribution >= 0.6 is 0 Å². The largest absolute Gasteiger partial charge is 0.497 e. The van der Waals surface area contributed by atoms with E-state index in [0.717, 1.165) is 5.56 Å². The van der Waals surface area contributed by atoms with Gasteiger partial charge < -0.3 is 19.4 Å². The van der Waals surface area contributed by atoms with E-state index in [1.807, 2.05) is 0 Å². The predicted octanol–water partition coefficient (Wildman–Crippen LogP) is 1.11. The van der Waals surface area contributed by atoms with Gasteiger partial charge in [0.05, 0.1) is 12.7 Å². The number of esters is 1. The molecule has 7 nitrogen and oxygen atoms in total. The fraction of sp³-hybridized carbons (Fsp3) is 0.235. The Labute approximate surface area is 138 Å². The van der Waals surface area contributed by atoms with Crippen LogP contribution in [0.2, 0.25) is 0 Å². The van der Waals surface area contributed by atoms with Crippen LogP contribution in [0.4, 0.5) is 0 Å². The highest BCUT2D eigenvalue weighted by Crippen LogP contribution is 2.14. The van der Waals surface area contributed by atoms with Crippen LogP contribution in [0.25, 0.3) is 0 Å². The van der Waals surface area contributed by atoms with Gasteiger partial charge in [0.15, 0.2) is 0 Å². The lowest BCUT2D eigenvalue weighted by Crippen LogP contribution is -2.31. The highest BCUT2D eigenvalue weighted by molar-refractivity contribution is 5.97. The van der Waals surface area contributed by atoms with Gasteiger partial charge in [-0.05, 0) is 23.8 Å². The number of aromatic nitrogens is 1. The maximum absolute atomic E-state index is 12.2. The normalized spacial score (nSPS) is 10.1. The number of hydrogen-bond acceptors (Lipinski definition) is 5. The molecule has 1 heterocycles. The van der Waals surface area contributed by atoms with E-state index in [0.29, 0.717) is 5.75 Å². The number of hydrogen-bond donors (Lipinski definition) is 1. The van der Waals surface area contributed by atoms with Crippen molar-refractivity contribution in [3.63, 3.8) is 0 Å². The van der Waals surface area contributed by atoms with E-state index >= 15 is 0 Å². The molecule has 7 heteroatoms. The number of ether oxygens (including phenoxy) is 2. The number of nitrogens with one attached hydrogen (secondary N) is 1. The van der Waals surface area contributed by atoms with Gasteiger partial charge in [-0.1, -0.05) is 12.1 Å². The smallest absolute Gasteiger partial charge is 0.339 e. The molecule has 126 valence electrons. The van der Waals surface area contributed by atoms with E-state index in [4.69, 9.17) is 9.47 Å². The predicted molar refractivity (Wildman–Crippen MR) is 87.2 cm³/mol. The van der Waals surface area contributed by atoms with Crippen molar-refractivity contribution in [1.29, 1.82) is 0 Å². The number of pyridine rings is 1. The summed E-state index contributed by atoms with van der Waals surface area (Å²) in [5.74, 6) is -0.524. The second-order valence-electron chi connectivity index (χ2n) is 5.07. The van der Waals surface area contributed by atoms with Crippen LogP contribution in [0.3, 0.4) is 0 Å². The maximum atomic E-state index is 12.2. The van der Waals surface area contributed by atoms with Crippen molar-refractivity contribution in [1.82, 2.24) is 9.88 Å². The topological polar surface area (TPSA) is 86.6 Å². The van der Waals surface area contributed by atoms with Crippen molar-refractivity contribution < 1.29 is 19.1 Å². The molecule has 1 N–H and O–H groups in total. The van der Waals surface area contributed by atoms with Crippen molar-refractivity contribution in [2.45, 2.75) is 6.61 Å². The third-order valence-electron chi connectivity index (χ3n) is 3.39. The van der Waals surface area contributed by atoms with Gasteiger partial charge in [-0.25, -0.2) is 4.79 Å². The Kier molecular flexibility index (Phi) is 5.36. The molecule has 0 fully saturated rings. The molecule has 2 rings (SSSR count). The summed E-state index contributed by atoms with van der Waals surface area (Å²) >= 11 is 0. The Morgan fingerprint density at radius 2 is 2.00 bits per heavy atom. The molecule has 0 bridgehead atoms. The number of carbonyl (C=O) groups excluding carboxylic acids is 2. The highest BCUT2D eigenvalue weighted by atomic mass is 16.5. The SMILES string of the molecule is CNC(=O)c1cc(C(=O)OCc2cccc(OC)c2)cn(C)c1=O. The number of rotatable bonds is 5. The van der Waals surface area contributed by atoms with Crippen LogP contribution in [0, 0.1) is 0 Å². The van der Waals surface area contributed by atoms with E-state index in [-0.39, 0.29) is 17.7 Å². The summed E-state index contributed by atoms with van der Waals surface area (Å²) in [5.41, 5.74) is 0.284. The molecular weight excluding hydrogens is 312 g/mol. The van der Waals surface area contributed by atoms with Crippen LogP contribution in [-0.4, -0.2) is 30.6 Å². The molecule has 0 aliphatic carbocycles. The Balaban J connectivity index is 2.19. The van der Waals surface area contributed by atoms with Crippen LogP contribution in [0.5, 0.6) is 5.75 Å². The lowest BCUT2D eigenvalue weighted by molar-refractivity contribution is 0.0471. The minimum absolute atomic E-state index is 0.0498. The maximum Gasteiger partial charge on any atom is 0.339 e. The van der Waals surface area contributed by atoms with Crippen LogP contribution in [0.15, 0.2) is 41.3 Å².